The molecule has 0 saturated heterocycles. The number of benzene rings is 2. The molecule has 0 saturated carbocycles. The Morgan fingerprint density at radius 2 is 1.67 bits per heavy atom. The van der Waals surface area contributed by atoms with Crippen molar-refractivity contribution >= 4 is 23.1 Å². The van der Waals surface area contributed by atoms with E-state index in [2.05, 4.69) is 45.0 Å². The second-order valence-corrected chi connectivity index (χ2v) is 5.60. The Kier molecular flexibility index (Phi) is 3.71. The van der Waals surface area contributed by atoms with Crippen molar-refractivity contribution in [1.82, 2.24) is 10.7 Å². The van der Waals surface area contributed by atoms with Gasteiger partial charge >= 0.3 is 0 Å². The van der Waals surface area contributed by atoms with Gasteiger partial charge in [-0.05, 0) is 42.0 Å². The van der Waals surface area contributed by atoms with Crippen molar-refractivity contribution in [2.24, 2.45) is 5.10 Å². The minimum Gasteiger partial charge on any atom is -0.378 e. The summed E-state index contributed by atoms with van der Waals surface area (Å²) in [5, 5.41) is 8.45. The fourth-order valence-electron chi connectivity index (χ4n) is 2.21. The zero-order valence-electron chi connectivity index (χ0n) is 12.0. The minimum absolute atomic E-state index is 0.00751. The molecule has 1 aliphatic rings. The average molecular weight is 301 g/mol. The average Bonchev–Trinajstić information content (AvgIpc) is 2.98. The maximum Gasteiger partial charge on any atom is 0.155 e. The highest BCUT2D eigenvalue weighted by atomic mass is 35.5. The predicted octanol–water partition coefficient (Wildman–Crippen LogP) is 2.96. The molecular weight excluding hydrogens is 284 g/mol. The quantitative estimate of drug-likeness (QED) is 0.915. The summed E-state index contributed by atoms with van der Waals surface area (Å²) in [4.78, 5) is 2.08. The first kappa shape index (κ1) is 13.8. The molecule has 4 nitrogen and oxygen atoms in total. The van der Waals surface area contributed by atoms with Crippen molar-refractivity contribution in [3.8, 4) is 0 Å². The molecule has 1 unspecified atom stereocenters. The summed E-state index contributed by atoms with van der Waals surface area (Å²) >= 11 is 5.90. The minimum atomic E-state index is -0.00751. The van der Waals surface area contributed by atoms with E-state index in [0.29, 0.717) is 0 Å². The standard InChI is InChI=1S/C16H17ClN4/c1-21(2)14-9-5-12(6-10-14)16-18-15(19-20-16)11-3-7-13(17)8-4-11/h3-10,16,20H,1-2H3,(H,18,19). The summed E-state index contributed by atoms with van der Waals surface area (Å²) in [6, 6.07) is 16.0. The molecule has 0 aliphatic carbocycles. The lowest BCUT2D eigenvalue weighted by Gasteiger charge is -2.16. The lowest BCUT2D eigenvalue weighted by Crippen LogP contribution is -2.27. The van der Waals surface area contributed by atoms with E-state index in [-0.39, 0.29) is 6.17 Å². The fraction of sp³-hybridized carbons (Fsp3) is 0.188. The molecule has 1 atom stereocenters. The second-order valence-electron chi connectivity index (χ2n) is 5.16. The van der Waals surface area contributed by atoms with Crippen LogP contribution in [0.1, 0.15) is 17.3 Å². The fourth-order valence-corrected chi connectivity index (χ4v) is 2.33. The van der Waals surface area contributed by atoms with Gasteiger partial charge in [-0.1, -0.05) is 23.7 Å². The van der Waals surface area contributed by atoms with Crippen molar-refractivity contribution in [3.63, 3.8) is 0 Å². The smallest absolute Gasteiger partial charge is 0.155 e. The van der Waals surface area contributed by atoms with Crippen LogP contribution in [0.4, 0.5) is 5.69 Å². The molecule has 2 aromatic rings. The van der Waals surface area contributed by atoms with Gasteiger partial charge in [0.1, 0.15) is 6.17 Å². The number of hydrogen-bond donors (Lipinski definition) is 2. The van der Waals surface area contributed by atoms with Gasteiger partial charge in [0, 0.05) is 30.4 Å². The van der Waals surface area contributed by atoms with Crippen molar-refractivity contribution in [3.05, 3.63) is 64.7 Å². The van der Waals surface area contributed by atoms with Crippen molar-refractivity contribution in [1.29, 1.82) is 0 Å². The lowest BCUT2D eigenvalue weighted by molar-refractivity contribution is 0.574. The predicted molar refractivity (Wildman–Crippen MR) is 87.8 cm³/mol. The van der Waals surface area contributed by atoms with E-state index in [4.69, 9.17) is 11.6 Å². The Balaban J connectivity index is 1.72. The van der Waals surface area contributed by atoms with Gasteiger partial charge in [0.2, 0.25) is 0 Å². The van der Waals surface area contributed by atoms with Crippen molar-refractivity contribution in [2.75, 3.05) is 19.0 Å². The summed E-state index contributed by atoms with van der Waals surface area (Å²) in [6.07, 6.45) is -0.00751. The van der Waals surface area contributed by atoms with Crippen LogP contribution in [0.15, 0.2) is 53.6 Å². The number of rotatable bonds is 3. The van der Waals surface area contributed by atoms with Crippen LogP contribution in [0.3, 0.4) is 0 Å². The van der Waals surface area contributed by atoms with Crippen LogP contribution in [0.2, 0.25) is 5.02 Å². The van der Waals surface area contributed by atoms with Gasteiger partial charge in [0.05, 0.1) is 0 Å². The van der Waals surface area contributed by atoms with Crippen LogP contribution in [-0.4, -0.2) is 19.9 Å². The van der Waals surface area contributed by atoms with Crippen LogP contribution >= 0.6 is 11.6 Å². The van der Waals surface area contributed by atoms with E-state index in [0.717, 1.165) is 22.0 Å². The molecule has 3 rings (SSSR count). The molecule has 0 fully saturated rings. The molecule has 0 bridgehead atoms. The lowest BCUT2D eigenvalue weighted by atomic mass is 10.1. The third-order valence-electron chi connectivity index (χ3n) is 3.45. The molecule has 108 valence electrons. The number of nitrogens with one attached hydrogen (secondary N) is 2. The monoisotopic (exact) mass is 300 g/mol. The number of hydrazone groups is 1. The van der Waals surface area contributed by atoms with E-state index in [1.165, 1.54) is 5.69 Å². The normalized spacial score (nSPS) is 16.9. The molecule has 0 radical (unpaired) electrons. The van der Waals surface area contributed by atoms with Gasteiger partial charge in [0.15, 0.2) is 5.84 Å². The number of halogens is 1. The van der Waals surface area contributed by atoms with Gasteiger partial charge in [-0.15, -0.1) is 0 Å². The number of nitrogens with zero attached hydrogens (tertiary/aromatic N) is 2. The van der Waals surface area contributed by atoms with E-state index in [9.17, 15) is 0 Å². The molecule has 5 heteroatoms. The molecule has 21 heavy (non-hydrogen) atoms. The molecule has 0 aromatic heterocycles. The zero-order valence-corrected chi connectivity index (χ0v) is 12.7. The highest BCUT2D eigenvalue weighted by molar-refractivity contribution is 6.30. The molecule has 0 amide bonds. The molecule has 1 aliphatic heterocycles. The summed E-state index contributed by atoms with van der Waals surface area (Å²) in [5.74, 6) is 0.827. The maximum atomic E-state index is 5.90. The Labute approximate surface area is 129 Å². The Morgan fingerprint density at radius 3 is 2.29 bits per heavy atom. The van der Waals surface area contributed by atoms with E-state index < -0.39 is 0 Å². The first-order chi connectivity index (χ1) is 10.1. The number of anilines is 1. The summed E-state index contributed by atoms with van der Waals surface area (Å²) in [7, 11) is 4.06. The highest BCUT2D eigenvalue weighted by Gasteiger charge is 2.19. The van der Waals surface area contributed by atoms with E-state index in [1.54, 1.807) is 0 Å². The van der Waals surface area contributed by atoms with Gasteiger partial charge in [-0.2, -0.15) is 5.10 Å². The largest absolute Gasteiger partial charge is 0.378 e. The maximum absolute atomic E-state index is 5.90. The zero-order chi connectivity index (χ0) is 14.8. The second kappa shape index (κ2) is 5.66. The van der Waals surface area contributed by atoms with Gasteiger partial charge in [-0.3, -0.25) is 5.43 Å². The van der Waals surface area contributed by atoms with Gasteiger partial charge in [0.25, 0.3) is 0 Å². The molecule has 2 N–H and O–H groups in total. The van der Waals surface area contributed by atoms with Gasteiger partial charge in [-0.25, -0.2) is 0 Å². The topological polar surface area (TPSA) is 39.7 Å². The number of amidine groups is 1. The number of hydrogen-bond acceptors (Lipinski definition) is 4. The Bertz CT molecular complexity index is 647. The molecular formula is C16H17ClN4. The van der Waals surface area contributed by atoms with Crippen LogP contribution in [0.5, 0.6) is 0 Å². The van der Waals surface area contributed by atoms with Gasteiger partial charge < -0.3 is 10.2 Å². The van der Waals surface area contributed by atoms with Crippen LogP contribution < -0.4 is 15.6 Å². The van der Waals surface area contributed by atoms with E-state index in [1.807, 2.05) is 38.4 Å². The molecule has 0 spiro atoms. The van der Waals surface area contributed by atoms with Crippen LogP contribution in [-0.2, 0) is 0 Å². The molecule has 1 heterocycles. The third kappa shape index (κ3) is 2.95. The van der Waals surface area contributed by atoms with Crippen molar-refractivity contribution < 1.29 is 0 Å². The third-order valence-corrected chi connectivity index (χ3v) is 3.70. The summed E-state index contributed by atoms with van der Waals surface area (Å²) in [5.41, 5.74) is 6.45. The van der Waals surface area contributed by atoms with Crippen LogP contribution in [0, 0.1) is 0 Å². The first-order valence-corrected chi connectivity index (χ1v) is 7.14. The summed E-state index contributed by atoms with van der Waals surface area (Å²) < 4.78 is 0. The van der Waals surface area contributed by atoms with E-state index >= 15 is 0 Å². The molecule has 2 aromatic carbocycles. The Morgan fingerprint density at radius 1 is 1.00 bits per heavy atom. The first-order valence-electron chi connectivity index (χ1n) is 6.76. The Hall–Kier alpha value is -2.20. The van der Waals surface area contributed by atoms with Crippen molar-refractivity contribution in [2.45, 2.75) is 6.17 Å². The summed E-state index contributed by atoms with van der Waals surface area (Å²) in [6.45, 7) is 0. The van der Waals surface area contributed by atoms with Crippen LogP contribution in [0.25, 0.3) is 0 Å². The highest BCUT2D eigenvalue weighted by Crippen LogP contribution is 2.20. The SMILES string of the molecule is CN(C)c1ccc(C2NN=C(c3ccc(Cl)cc3)N2)cc1.